The van der Waals surface area contributed by atoms with E-state index < -0.39 is 0 Å². The molecule has 2 rings (SSSR count). The first-order chi connectivity index (χ1) is 10.1. The first kappa shape index (κ1) is 16.5. The van der Waals surface area contributed by atoms with Crippen LogP contribution in [0.4, 0.5) is 0 Å². The molecule has 0 saturated carbocycles. The van der Waals surface area contributed by atoms with Crippen molar-refractivity contribution in [2.75, 3.05) is 13.1 Å². The Morgan fingerprint density at radius 1 is 1.14 bits per heavy atom. The zero-order valence-corrected chi connectivity index (χ0v) is 14.2. The molecule has 0 aliphatic carbocycles. The molecule has 2 atom stereocenters. The van der Waals surface area contributed by atoms with Crippen molar-refractivity contribution in [3.05, 3.63) is 35.4 Å². The molecule has 21 heavy (non-hydrogen) atoms. The van der Waals surface area contributed by atoms with Gasteiger partial charge in [0.05, 0.1) is 0 Å². The van der Waals surface area contributed by atoms with Crippen LogP contribution < -0.4 is 5.32 Å². The SMILES string of the molecule is CCC(NC1CCCN(C(C)C)CC1)c1ccc(C)cc1. The van der Waals surface area contributed by atoms with Crippen LogP contribution >= 0.6 is 0 Å². The Morgan fingerprint density at radius 2 is 1.86 bits per heavy atom. The van der Waals surface area contributed by atoms with E-state index in [0.29, 0.717) is 18.1 Å². The van der Waals surface area contributed by atoms with E-state index in [1.807, 2.05) is 0 Å². The minimum Gasteiger partial charge on any atom is -0.307 e. The number of benzene rings is 1. The first-order valence-corrected chi connectivity index (χ1v) is 8.66. The van der Waals surface area contributed by atoms with Crippen LogP contribution in [0.3, 0.4) is 0 Å². The Kier molecular flexibility index (Phi) is 6.25. The van der Waals surface area contributed by atoms with Crippen LogP contribution in [-0.2, 0) is 0 Å². The Labute approximate surface area is 130 Å². The van der Waals surface area contributed by atoms with Gasteiger partial charge in [-0.15, -0.1) is 0 Å². The highest BCUT2D eigenvalue weighted by Crippen LogP contribution is 2.21. The van der Waals surface area contributed by atoms with Gasteiger partial charge in [-0.3, -0.25) is 0 Å². The molecule has 2 nitrogen and oxygen atoms in total. The molecule has 0 spiro atoms. The van der Waals surface area contributed by atoms with Crippen LogP contribution in [0, 0.1) is 6.92 Å². The van der Waals surface area contributed by atoms with Crippen molar-refractivity contribution in [2.45, 2.75) is 71.5 Å². The number of nitrogens with one attached hydrogen (secondary N) is 1. The molecule has 1 N–H and O–H groups in total. The fourth-order valence-electron chi connectivity index (χ4n) is 3.33. The maximum atomic E-state index is 3.91. The summed E-state index contributed by atoms with van der Waals surface area (Å²) >= 11 is 0. The van der Waals surface area contributed by atoms with Gasteiger partial charge in [0.25, 0.3) is 0 Å². The maximum Gasteiger partial charge on any atom is 0.0320 e. The average Bonchev–Trinajstić information content (AvgIpc) is 2.71. The van der Waals surface area contributed by atoms with Gasteiger partial charge in [-0.2, -0.15) is 0 Å². The van der Waals surface area contributed by atoms with Crippen molar-refractivity contribution >= 4 is 0 Å². The standard InChI is InChI=1S/C19H32N2/c1-5-19(17-10-8-16(4)9-11-17)20-18-7-6-13-21(14-12-18)15(2)3/h8-11,15,18-20H,5-7,12-14H2,1-4H3. The van der Waals surface area contributed by atoms with Crippen molar-refractivity contribution < 1.29 is 0 Å². The van der Waals surface area contributed by atoms with Crippen LogP contribution in [-0.4, -0.2) is 30.1 Å². The highest BCUT2D eigenvalue weighted by molar-refractivity contribution is 5.24. The summed E-state index contributed by atoms with van der Waals surface area (Å²) in [4.78, 5) is 2.62. The van der Waals surface area contributed by atoms with Gasteiger partial charge < -0.3 is 10.2 Å². The van der Waals surface area contributed by atoms with Gasteiger partial charge in [0.1, 0.15) is 0 Å². The van der Waals surface area contributed by atoms with Crippen LogP contribution in [0.25, 0.3) is 0 Å². The molecule has 0 radical (unpaired) electrons. The van der Waals surface area contributed by atoms with Gasteiger partial charge in [-0.05, 0) is 65.1 Å². The lowest BCUT2D eigenvalue weighted by molar-refractivity contribution is 0.228. The second-order valence-corrected chi connectivity index (χ2v) is 6.80. The van der Waals surface area contributed by atoms with E-state index in [1.54, 1.807) is 0 Å². The van der Waals surface area contributed by atoms with Gasteiger partial charge in [-0.1, -0.05) is 36.8 Å². The highest BCUT2D eigenvalue weighted by Gasteiger charge is 2.21. The fourth-order valence-corrected chi connectivity index (χ4v) is 3.33. The molecule has 1 aromatic rings. The number of nitrogens with zero attached hydrogens (tertiary/aromatic N) is 1. The van der Waals surface area contributed by atoms with Crippen molar-refractivity contribution in [2.24, 2.45) is 0 Å². The van der Waals surface area contributed by atoms with Crippen molar-refractivity contribution in [1.29, 1.82) is 0 Å². The summed E-state index contributed by atoms with van der Waals surface area (Å²) in [5, 5.41) is 3.91. The molecule has 0 amide bonds. The smallest absolute Gasteiger partial charge is 0.0320 e. The predicted molar refractivity (Wildman–Crippen MR) is 91.7 cm³/mol. The number of likely N-dealkylation sites (tertiary alicyclic amines) is 1. The summed E-state index contributed by atoms with van der Waals surface area (Å²) in [5.41, 5.74) is 2.78. The molecule has 0 bridgehead atoms. The zero-order valence-electron chi connectivity index (χ0n) is 14.2. The van der Waals surface area contributed by atoms with E-state index in [-0.39, 0.29) is 0 Å². The predicted octanol–water partition coefficient (Wildman–Crippen LogP) is 4.30. The largest absolute Gasteiger partial charge is 0.307 e. The van der Waals surface area contributed by atoms with E-state index >= 15 is 0 Å². The Morgan fingerprint density at radius 3 is 2.48 bits per heavy atom. The molecule has 2 heteroatoms. The molecule has 1 fully saturated rings. The number of aryl methyl sites for hydroxylation is 1. The normalized spacial score (nSPS) is 22.2. The van der Waals surface area contributed by atoms with Crippen molar-refractivity contribution in [3.8, 4) is 0 Å². The third kappa shape index (κ3) is 4.82. The number of rotatable bonds is 5. The van der Waals surface area contributed by atoms with E-state index in [0.717, 1.165) is 6.42 Å². The molecule has 1 aliphatic rings. The summed E-state index contributed by atoms with van der Waals surface area (Å²) in [5.74, 6) is 0. The molecule has 1 aliphatic heterocycles. The molecule has 2 unspecified atom stereocenters. The first-order valence-electron chi connectivity index (χ1n) is 8.66. The van der Waals surface area contributed by atoms with Gasteiger partial charge in [0, 0.05) is 18.1 Å². The number of hydrogen-bond acceptors (Lipinski definition) is 2. The summed E-state index contributed by atoms with van der Waals surface area (Å²) in [6.45, 7) is 11.6. The van der Waals surface area contributed by atoms with Gasteiger partial charge in [0.2, 0.25) is 0 Å². The second-order valence-electron chi connectivity index (χ2n) is 6.80. The Hall–Kier alpha value is -0.860. The monoisotopic (exact) mass is 288 g/mol. The minimum atomic E-state index is 0.501. The van der Waals surface area contributed by atoms with E-state index in [9.17, 15) is 0 Å². The van der Waals surface area contributed by atoms with Gasteiger partial charge in [0.15, 0.2) is 0 Å². The summed E-state index contributed by atoms with van der Waals surface area (Å²) < 4.78 is 0. The second kappa shape index (κ2) is 7.95. The third-order valence-corrected chi connectivity index (χ3v) is 4.82. The van der Waals surface area contributed by atoms with Gasteiger partial charge >= 0.3 is 0 Å². The third-order valence-electron chi connectivity index (χ3n) is 4.82. The van der Waals surface area contributed by atoms with Crippen LogP contribution in [0.1, 0.15) is 63.6 Å². The van der Waals surface area contributed by atoms with E-state index in [2.05, 4.69) is 62.2 Å². The van der Waals surface area contributed by atoms with E-state index in [4.69, 9.17) is 0 Å². The summed E-state index contributed by atoms with van der Waals surface area (Å²) in [6.07, 6.45) is 5.07. The number of hydrogen-bond donors (Lipinski definition) is 1. The average molecular weight is 288 g/mol. The Bertz CT molecular complexity index is 410. The van der Waals surface area contributed by atoms with Crippen molar-refractivity contribution in [3.63, 3.8) is 0 Å². The molecule has 1 saturated heterocycles. The molecular formula is C19H32N2. The topological polar surface area (TPSA) is 15.3 Å². The summed E-state index contributed by atoms with van der Waals surface area (Å²) in [6, 6.07) is 10.9. The lowest BCUT2D eigenvalue weighted by atomic mass is 10.00. The molecular weight excluding hydrogens is 256 g/mol. The molecule has 0 aromatic heterocycles. The molecule has 118 valence electrons. The molecule has 1 heterocycles. The lowest BCUT2D eigenvalue weighted by Crippen LogP contribution is -2.35. The van der Waals surface area contributed by atoms with E-state index in [1.165, 1.54) is 43.5 Å². The maximum absolute atomic E-state index is 3.91. The van der Waals surface area contributed by atoms with Crippen LogP contribution in [0.5, 0.6) is 0 Å². The lowest BCUT2D eigenvalue weighted by Gasteiger charge is -2.26. The Balaban J connectivity index is 1.94. The fraction of sp³-hybridized carbons (Fsp3) is 0.684. The summed E-state index contributed by atoms with van der Waals surface area (Å²) in [7, 11) is 0. The van der Waals surface area contributed by atoms with Crippen LogP contribution in [0.15, 0.2) is 24.3 Å². The minimum absolute atomic E-state index is 0.501. The zero-order chi connectivity index (χ0) is 15.2. The molecule has 1 aromatic carbocycles. The quantitative estimate of drug-likeness (QED) is 0.869. The van der Waals surface area contributed by atoms with Gasteiger partial charge in [-0.25, -0.2) is 0 Å². The highest BCUT2D eigenvalue weighted by atomic mass is 15.1. The van der Waals surface area contributed by atoms with Crippen molar-refractivity contribution in [1.82, 2.24) is 10.2 Å². The van der Waals surface area contributed by atoms with Crippen LogP contribution in [0.2, 0.25) is 0 Å².